The molecule has 34 heavy (non-hydrogen) atoms. The van der Waals surface area contributed by atoms with Crippen molar-refractivity contribution >= 4 is 38.4 Å². The van der Waals surface area contributed by atoms with Gasteiger partial charge in [0.15, 0.2) is 28.1 Å². The zero-order valence-corrected chi connectivity index (χ0v) is 18.8. The highest BCUT2D eigenvalue weighted by Crippen LogP contribution is 2.45. The quantitative estimate of drug-likeness (QED) is 0.391. The zero-order chi connectivity index (χ0) is 24.0. The Labute approximate surface area is 197 Å². The van der Waals surface area contributed by atoms with Crippen molar-refractivity contribution in [1.29, 1.82) is 0 Å². The van der Waals surface area contributed by atoms with Gasteiger partial charge in [-0.3, -0.25) is 14.5 Å². The summed E-state index contributed by atoms with van der Waals surface area (Å²) in [6.07, 6.45) is 1.33. The molecule has 5 rings (SSSR count). The predicted octanol–water partition coefficient (Wildman–Crippen LogP) is 4.40. The van der Waals surface area contributed by atoms with Crippen molar-refractivity contribution in [3.8, 4) is 17.2 Å². The van der Waals surface area contributed by atoms with E-state index >= 15 is 0 Å². The van der Waals surface area contributed by atoms with Crippen LogP contribution in [0.5, 0.6) is 17.2 Å². The van der Waals surface area contributed by atoms with Crippen molar-refractivity contribution in [1.82, 2.24) is 4.98 Å². The number of furan rings is 1. The number of thiazole rings is 1. The van der Waals surface area contributed by atoms with Crippen LogP contribution in [0.3, 0.4) is 0 Å². The minimum absolute atomic E-state index is 0.0269. The third kappa shape index (κ3) is 3.35. The number of benzene rings is 2. The molecule has 1 atom stereocenters. The van der Waals surface area contributed by atoms with Gasteiger partial charge in [0.05, 0.1) is 42.3 Å². The topological polar surface area (TPSA) is 122 Å². The standard InChI is InChI=1S/C24H18N2O7S/c1-31-13-6-7-14-18(11-13)34-24(25-14)26-20(12-5-8-15(27)17(10-12)32-2)19(22(29)23(26)30)21(28)16-4-3-9-33-16/h3-11,20,27,29H,1-2H3. The monoisotopic (exact) mass is 478 g/mol. The van der Waals surface area contributed by atoms with Crippen LogP contribution >= 0.6 is 11.3 Å². The average Bonchev–Trinajstić information content (AvgIpc) is 3.57. The van der Waals surface area contributed by atoms with Gasteiger partial charge in [-0.25, -0.2) is 4.98 Å². The van der Waals surface area contributed by atoms with E-state index in [-0.39, 0.29) is 28.0 Å². The molecule has 0 radical (unpaired) electrons. The van der Waals surface area contributed by atoms with Gasteiger partial charge >= 0.3 is 0 Å². The molecule has 0 bridgehead atoms. The van der Waals surface area contributed by atoms with Gasteiger partial charge in [0, 0.05) is 0 Å². The molecule has 172 valence electrons. The number of phenols is 1. The first-order valence-corrected chi connectivity index (χ1v) is 10.9. The maximum Gasteiger partial charge on any atom is 0.296 e. The lowest BCUT2D eigenvalue weighted by Gasteiger charge is -2.24. The van der Waals surface area contributed by atoms with Gasteiger partial charge in [-0.1, -0.05) is 17.4 Å². The lowest BCUT2D eigenvalue weighted by Crippen LogP contribution is -2.31. The van der Waals surface area contributed by atoms with E-state index in [0.29, 0.717) is 16.8 Å². The summed E-state index contributed by atoms with van der Waals surface area (Å²) in [6.45, 7) is 0. The van der Waals surface area contributed by atoms with Crippen LogP contribution in [0.2, 0.25) is 0 Å². The Hall–Kier alpha value is -4.31. The molecule has 1 aliphatic heterocycles. The number of carbonyl (C=O) groups is 2. The number of aromatic nitrogens is 1. The summed E-state index contributed by atoms with van der Waals surface area (Å²) in [4.78, 5) is 32.4. The Kier molecular flexibility index (Phi) is 5.21. The van der Waals surface area contributed by atoms with Crippen LogP contribution < -0.4 is 14.4 Å². The number of fused-ring (bicyclic) bond motifs is 1. The van der Waals surface area contributed by atoms with Gasteiger partial charge in [-0.05, 0) is 48.0 Å². The summed E-state index contributed by atoms with van der Waals surface area (Å²) in [5.74, 6) is -1.48. The van der Waals surface area contributed by atoms with Gasteiger partial charge in [0.1, 0.15) is 5.75 Å². The summed E-state index contributed by atoms with van der Waals surface area (Å²) >= 11 is 1.21. The average molecular weight is 478 g/mol. The molecule has 0 saturated heterocycles. The maximum atomic E-state index is 13.3. The molecule has 0 fully saturated rings. The highest BCUT2D eigenvalue weighted by molar-refractivity contribution is 7.22. The fourth-order valence-electron chi connectivity index (χ4n) is 3.88. The van der Waals surface area contributed by atoms with E-state index in [1.54, 1.807) is 37.4 Å². The Morgan fingerprint density at radius 3 is 2.65 bits per heavy atom. The molecular weight excluding hydrogens is 460 g/mol. The van der Waals surface area contributed by atoms with Crippen LogP contribution in [0.4, 0.5) is 5.13 Å². The van der Waals surface area contributed by atoms with E-state index in [1.807, 2.05) is 0 Å². The molecule has 3 heterocycles. The van der Waals surface area contributed by atoms with Crippen LogP contribution in [0.25, 0.3) is 10.2 Å². The van der Waals surface area contributed by atoms with E-state index < -0.39 is 23.5 Å². The third-order valence-corrected chi connectivity index (χ3v) is 6.53. The number of methoxy groups -OCH3 is 2. The van der Waals surface area contributed by atoms with Gasteiger partial charge in [-0.2, -0.15) is 0 Å². The Balaban J connectivity index is 1.69. The fourth-order valence-corrected chi connectivity index (χ4v) is 4.90. The van der Waals surface area contributed by atoms with Crippen LogP contribution in [0.15, 0.2) is 70.5 Å². The predicted molar refractivity (Wildman–Crippen MR) is 124 cm³/mol. The van der Waals surface area contributed by atoms with Crippen molar-refractivity contribution in [3.05, 3.63) is 77.5 Å². The van der Waals surface area contributed by atoms with Crippen LogP contribution in [-0.2, 0) is 4.79 Å². The van der Waals surface area contributed by atoms with Gasteiger partial charge in [-0.15, -0.1) is 0 Å². The minimum Gasteiger partial charge on any atom is -0.504 e. The van der Waals surface area contributed by atoms with Crippen molar-refractivity contribution in [2.45, 2.75) is 6.04 Å². The molecule has 4 aromatic rings. The molecule has 2 N–H and O–H groups in total. The number of aliphatic hydroxyl groups is 1. The summed E-state index contributed by atoms with van der Waals surface area (Å²) < 4.78 is 16.5. The SMILES string of the molecule is COc1ccc2nc(N3C(=O)C(O)=C(C(=O)c4ccco4)C3c3ccc(O)c(OC)c3)sc2c1. The Morgan fingerprint density at radius 2 is 1.94 bits per heavy atom. The molecule has 0 saturated carbocycles. The van der Waals surface area contributed by atoms with E-state index in [1.165, 1.54) is 47.8 Å². The van der Waals surface area contributed by atoms with Crippen LogP contribution in [-0.4, -0.2) is 41.1 Å². The summed E-state index contributed by atoms with van der Waals surface area (Å²) in [7, 11) is 2.94. The number of anilines is 1. The Bertz CT molecular complexity index is 1460. The van der Waals surface area contributed by atoms with Crippen LogP contribution in [0, 0.1) is 0 Å². The molecule has 2 aromatic heterocycles. The molecule has 10 heteroatoms. The number of ketones is 1. The molecule has 2 aromatic carbocycles. The van der Waals surface area contributed by atoms with E-state index in [0.717, 1.165) is 4.70 Å². The number of phenolic OH excluding ortho intramolecular Hbond substituents is 1. The number of amides is 1. The zero-order valence-electron chi connectivity index (χ0n) is 18.0. The summed E-state index contributed by atoms with van der Waals surface area (Å²) in [5.41, 5.74) is 0.893. The molecule has 1 unspecified atom stereocenters. The normalized spacial score (nSPS) is 15.9. The molecule has 0 aliphatic carbocycles. The highest BCUT2D eigenvalue weighted by Gasteiger charge is 2.46. The number of rotatable bonds is 6. The van der Waals surface area contributed by atoms with Gasteiger partial charge < -0.3 is 24.1 Å². The number of aliphatic hydroxyl groups excluding tert-OH is 1. The first-order chi connectivity index (χ1) is 16.4. The van der Waals surface area contributed by atoms with Crippen molar-refractivity contribution in [2.75, 3.05) is 19.1 Å². The number of aromatic hydroxyl groups is 1. The largest absolute Gasteiger partial charge is 0.504 e. The molecule has 9 nitrogen and oxygen atoms in total. The third-order valence-electron chi connectivity index (χ3n) is 5.51. The number of ether oxygens (including phenoxy) is 2. The second kappa shape index (κ2) is 8.23. The van der Waals surface area contributed by atoms with Crippen molar-refractivity contribution in [3.63, 3.8) is 0 Å². The second-order valence-corrected chi connectivity index (χ2v) is 8.42. The maximum absolute atomic E-state index is 13.3. The van der Waals surface area contributed by atoms with Gasteiger partial charge in [0.25, 0.3) is 5.91 Å². The van der Waals surface area contributed by atoms with Gasteiger partial charge in [0.2, 0.25) is 5.78 Å². The first kappa shape index (κ1) is 21.5. The molecule has 1 aliphatic rings. The second-order valence-electron chi connectivity index (χ2n) is 7.41. The van der Waals surface area contributed by atoms with E-state index in [2.05, 4.69) is 4.98 Å². The molecule has 0 spiro atoms. The number of hydrogen-bond acceptors (Lipinski definition) is 9. The Morgan fingerprint density at radius 1 is 1.12 bits per heavy atom. The summed E-state index contributed by atoms with van der Waals surface area (Å²) in [5, 5.41) is 21.2. The molecular formula is C24H18N2O7S. The van der Waals surface area contributed by atoms with Crippen LogP contribution in [0.1, 0.15) is 22.2 Å². The number of hydrogen-bond donors (Lipinski definition) is 2. The lowest BCUT2D eigenvalue weighted by atomic mass is 9.95. The highest BCUT2D eigenvalue weighted by atomic mass is 32.1. The molecule has 1 amide bonds. The van der Waals surface area contributed by atoms with Crippen molar-refractivity contribution < 1.29 is 33.7 Å². The number of carbonyl (C=O) groups excluding carboxylic acids is 2. The smallest absolute Gasteiger partial charge is 0.296 e. The minimum atomic E-state index is -1.04. The van der Waals surface area contributed by atoms with Crippen molar-refractivity contribution in [2.24, 2.45) is 0 Å². The van der Waals surface area contributed by atoms with E-state index in [9.17, 15) is 19.8 Å². The summed E-state index contributed by atoms with van der Waals surface area (Å²) in [6, 6.07) is 11.7. The van der Waals surface area contributed by atoms with E-state index in [4.69, 9.17) is 13.9 Å². The number of nitrogens with zero attached hydrogens (tertiary/aromatic N) is 2. The lowest BCUT2D eigenvalue weighted by molar-refractivity contribution is -0.117. The first-order valence-electron chi connectivity index (χ1n) is 10.1. The number of Topliss-reactive ketones (excluding diaryl/α,β-unsaturated/α-hetero) is 1. The fraction of sp³-hybridized carbons (Fsp3) is 0.125.